The van der Waals surface area contributed by atoms with E-state index in [-0.39, 0.29) is 10.6 Å². The number of non-ortho nitro benzene ring substituents is 1. The van der Waals surface area contributed by atoms with E-state index in [1.54, 1.807) is 12.1 Å². The van der Waals surface area contributed by atoms with Crippen LogP contribution in [0.5, 0.6) is 0 Å². The lowest BCUT2D eigenvalue weighted by molar-refractivity contribution is -0.384. The van der Waals surface area contributed by atoms with Crippen molar-refractivity contribution in [3.8, 4) is 0 Å². The highest BCUT2D eigenvalue weighted by molar-refractivity contribution is 5.33. The zero-order valence-electron chi connectivity index (χ0n) is 11.1. The molecule has 0 spiro atoms. The number of nitro groups is 1. The number of hydrogen-bond donors (Lipinski definition) is 0. The van der Waals surface area contributed by atoms with Crippen molar-refractivity contribution in [1.82, 2.24) is 0 Å². The molecule has 0 saturated heterocycles. The molecule has 0 aromatic heterocycles. The maximum Gasteiger partial charge on any atom is 0.269 e. The summed E-state index contributed by atoms with van der Waals surface area (Å²) in [6, 6.07) is 6.53. The molecular weight excluding hydrogens is 242 g/mol. The first kappa shape index (κ1) is 12.2. The van der Waals surface area contributed by atoms with Crippen molar-refractivity contribution < 1.29 is 9.66 Å². The molecule has 0 unspecified atom stereocenters. The molecule has 0 bridgehead atoms. The number of nitrogens with zero attached hydrogens (tertiary/aromatic N) is 1. The largest absolute Gasteiger partial charge is 0.494 e. The zero-order chi connectivity index (χ0) is 13.6. The van der Waals surface area contributed by atoms with E-state index >= 15 is 0 Å². The van der Waals surface area contributed by atoms with Crippen LogP contribution in [0.3, 0.4) is 0 Å². The summed E-state index contributed by atoms with van der Waals surface area (Å²) >= 11 is 0. The van der Waals surface area contributed by atoms with Gasteiger partial charge in [0.05, 0.1) is 10.7 Å². The molecule has 0 N–H and O–H groups in total. The van der Waals surface area contributed by atoms with Gasteiger partial charge >= 0.3 is 0 Å². The van der Waals surface area contributed by atoms with Crippen LogP contribution in [0.1, 0.15) is 25.8 Å². The number of hydrogen-bond acceptors (Lipinski definition) is 3. The number of benzene rings is 1. The Morgan fingerprint density at radius 3 is 2.58 bits per heavy atom. The molecule has 4 nitrogen and oxygen atoms in total. The summed E-state index contributed by atoms with van der Waals surface area (Å²) in [5.41, 5.74) is 1.54. The SMILES string of the molecule is CC1(C)[C@@H]2C=C(OCc3ccc([N+](=O)[O-])cc3)C[C@@H]21. The Labute approximate surface area is 112 Å². The summed E-state index contributed by atoms with van der Waals surface area (Å²) in [7, 11) is 0. The topological polar surface area (TPSA) is 52.4 Å². The molecule has 100 valence electrons. The highest BCUT2D eigenvalue weighted by atomic mass is 16.6. The van der Waals surface area contributed by atoms with Gasteiger partial charge in [0, 0.05) is 18.6 Å². The van der Waals surface area contributed by atoms with Crippen LogP contribution in [0.15, 0.2) is 36.1 Å². The molecule has 4 heteroatoms. The Morgan fingerprint density at radius 2 is 2.05 bits per heavy atom. The van der Waals surface area contributed by atoms with E-state index in [1.807, 2.05) is 0 Å². The highest BCUT2D eigenvalue weighted by Gasteiger charge is 2.59. The van der Waals surface area contributed by atoms with E-state index in [4.69, 9.17) is 4.74 Å². The third kappa shape index (κ3) is 2.11. The van der Waals surface area contributed by atoms with Crippen molar-refractivity contribution in [2.45, 2.75) is 26.9 Å². The molecule has 0 amide bonds. The third-order valence-corrected chi connectivity index (χ3v) is 4.50. The molecule has 1 aromatic rings. The van der Waals surface area contributed by atoms with E-state index in [1.165, 1.54) is 12.1 Å². The van der Waals surface area contributed by atoms with E-state index in [2.05, 4.69) is 19.9 Å². The van der Waals surface area contributed by atoms with Crippen LogP contribution in [-0.4, -0.2) is 4.92 Å². The first-order chi connectivity index (χ1) is 8.98. The Bertz CT molecular complexity index is 545. The maximum absolute atomic E-state index is 10.5. The van der Waals surface area contributed by atoms with Gasteiger partial charge in [0.2, 0.25) is 0 Å². The molecule has 2 aliphatic carbocycles. The predicted molar refractivity (Wildman–Crippen MR) is 71.3 cm³/mol. The smallest absolute Gasteiger partial charge is 0.269 e. The summed E-state index contributed by atoms with van der Waals surface area (Å²) in [5, 5.41) is 10.5. The molecule has 1 aromatic carbocycles. The van der Waals surface area contributed by atoms with Gasteiger partial charge in [-0.25, -0.2) is 0 Å². The summed E-state index contributed by atoms with van der Waals surface area (Å²) in [4.78, 5) is 10.2. The molecular formula is C15H17NO3. The normalized spacial score (nSPS) is 26.5. The molecule has 0 heterocycles. The fourth-order valence-corrected chi connectivity index (χ4v) is 2.99. The second-order valence-electron chi connectivity index (χ2n) is 6.00. The zero-order valence-corrected chi connectivity index (χ0v) is 11.1. The number of fused-ring (bicyclic) bond motifs is 1. The van der Waals surface area contributed by atoms with Crippen LogP contribution in [0.4, 0.5) is 5.69 Å². The fourth-order valence-electron chi connectivity index (χ4n) is 2.99. The van der Waals surface area contributed by atoms with Crippen LogP contribution < -0.4 is 0 Å². The third-order valence-electron chi connectivity index (χ3n) is 4.50. The molecule has 0 radical (unpaired) electrons. The number of rotatable bonds is 4. The molecule has 2 aliphatic rings. The van der Waals surface area contributed by atoms with Crippen molar-refractivity contribution in [3.05, 3.63) is 51.8 Å². The summed E-state index contributed by atoms with van der Waals surface area (Å²) in [6.45, 7) is 5.08. The van der Waals surface area contributed by atoms with Crippen LogP contribution in [0, 0.1) is 27.4 Å². The first-order valence-corrected chi connectivity index (χ1v) is 6.55. The average Bonchev–Trinajstić information content (AvgIpc) is 2.78. The lowest BCUT2D eigenvalue weighted by atomic mass is 10.0. The van der Waals surface area contributed by atoms with E-state index in [0.29, 0.717) is 17.9 Å². The highest BCUT2D eigenvalue weighted by Crippen LogP contribution is 2.65. The van der Waals surface area contributed by atoms with Gasteiger partial charge in [-0.15, -0.1) is 0 Å². The minimum atomic E-state index is -0.389. The standard InChI is InChI=1S/C15H17NO3/c1-15(2)13-7-12(8-14(13)15)19-9-10-3-5-11(6-4-10)16(17)18/h3-7,13-14H,8-9H2,1-2H3/t13-,14+/m1/s1. The first-order valence-electron chi connectivity index (χ1n) is 6.55. The quantitative estimate of drug-likeness (QED) is 0.612. The van der Waals surface area contributed by atoms with Gasteiger partial charge in [-0.05, 0) is 41.0 Å². The average molecular weight is 259 g/mol. The van der Waals surface area contributed by atoms with Gasteiger partial charge < -0.3 is 4.74 Å². The van der Waals surface area contributed by atoms with Gasteiger partial charge in [-0.1, -0.05) is 13.8 Å². The van der Waals surface area contributed by atoms with E-state index in [9.17, 15) is 10.1 Å². The van der Waals surface area contributed by atoms with Gasteiger partial charge in [-0.2, -0.15) is 0 Å². The molecule has 2 atom stereocenters. The monoisotopic (exact) mass is 259 g/mol. The molecule has 1 fully saturated rings. The van der Waals surface area contributed by atoms with Crippen LogP contribution >= 0.6 is 0 Å². The molecule has 3 rings (SSSR count). The molecule has 0 aliphatic heterocycles. The molecule has 1 saturated carbocycles. The Balaban J connectivity index is 1.56. The second-order valence-corrected chi connectivity index (χ2v) is 6.00. The number of allylic oxidation sites excluding steroid dienone is 2. The number of ether oxygens (including phenoxy) is 1. The van der Waals surface area contributed by atoms with Crippen LogP contribution in [-0.2, 0) is 11.3 Å². The maximum atomic E-state index is 10.5. The summed E-state index contributed by atoms with van der Waals surface area (Å²) in [5.74, 6) is 2.51. The predicted octanol–water partition coefficient (Wildman–Crippen LogP) is 3.67. The summed E-state index contributed by atoms with van der Waals surface area (Å²) in [6.07, 6.45) is 3.28. The van der Waals surface area contributed by atoms with Crippen LogP contribution in [0.2, 0.25) is 0 Å². The lowest BCUT2D eigenvalue weighted by Gasteiger charge is -2.11. The lowest BCUT2D eigenvalue weighted by Crippen LogP contribution is -1.99. The van der Waals surface area contributed by atoms with Crippen molar-refractivity contribution in [2.24, 2.45) is 17.3 Å². The second kappa shape index (κ2) is 4.08. The van der Waals surface area contributed by atoms with Crippen molar-refractivity contribution >= 4 is 5.69 Å². The van der Waals surface area contributed by atoms with Gasteiger partial charge in [0.15, 0.2) is 0 Å². The van der Waals surface area contributed by atoms with Gasteiger partial charge in [0.25, 0.3) is 5.69 Å². The van der Waals surface area contributed by atoms with Gasteiger partial charge in [-0.3, -0.25) is 10.1 Å². The molecule has 19 heavy (non-hydrogen) atoms. The Kier molecular flexibility index (Phi) is 2.62. The fraction of sp³-hybridized carbons (Fsp3) is 0.467. The Morgan fingerprint density at radius 1 is 1.37 bits per heavy atom. The van der Waals surface area contributed by atoms with E-state index < -0.39 is 0 Å². The van der Waals surface area contributed by atoms with Crippen molar-refractivity contribution in [1.29, 1.82) is 0 Å². The minimum absolute atomic E-state index is 0.117. The minimum Gasteiger partial charge on any atom is -0.494 e. The van der Waals surface area contributed by atoms with Gasteiger partial charge in [0.1, 0.15) is 6.61 Å². The van der Waals surface area contributed by atoms with Crippen LogP contribution in [0.25, 0.3) is 0 Å². The van der Waals surface area contributed by atoms with Crippen molar-refractivity contribution in [3.63, 3.8) is 0 Å². The van der Waals surface area contributed by atoms with Crippen molar-refractivity contribution in [2.75, 3.05) is 0 Å². The number of nitro benzene ring substituents is 1. The summed E-state index contributed by atoms with van der Waals surface area (Å²) < 4.78 is 5.77. The van der Waals surface area contributed by atoms with E-state index in [0.717, 1.165) is 23.7 Å². The Hall–Kier alpha value is -1.84.